The highest BCUT2D eigenvalue weighted by Gasteiger charge is 2.22. The van der Waals surface area contributed by atoms with Gasteiger partial charge in [-0.25, -0.2) is 9.18 Å². The lowest BCUT2D eigenvalue weighted by Crippen LogP contribution is -2.37. The van der Waals surface area contributed by atoms with Crippen LogP contribution in [-0.4, -0.2) is 47.8 Å². The molecule has 2 amide bonds. The highest BCUT2D eigenvalue weighted by molar-refractivity contribution is 5.96. The fourth-order valence-electron chi connectivity index (χ4n) is 2.16. The first-order chi connectivity index (χ1) is 13.3. The van der Waals surface area contributed by atoms with Crippen molar-refractivity contribution in [3.8, 4) is 0 Å². The fraction of sp³-hybridized carbons (Fsp3) is 0.167. The Bertz CT molecular complexity index is 900. The molecule has 146 valence electrons. The average Bonchev–Trinajstić information content (AvgIpc) is 2.67. The Morgan fingerprint density at radius 1 is 1.14 bits per heavy atom. The lowest BCUT2D eigenvalue weighted by molar-refractivity contribution is -0.385. The number of hydrogen-bond acceptors (Lipinski definition) is 6. The first-order valence-corrected chi connectivity index (χ1v) is 7.98. The molecule has 0 saturated heterocycles. The second kappa shape index (κ2) is 9.21. The normalized spacial score (nSPS) is 10.1. The van der Waals surface area contributed by atoms with Crippen LogP contribution in [0.1, 0.15) is 10.4 Å². The zero-order valence-electron chi connectivity index (χ0n) is 14.8. The smallest absolute Gasteiger partial charge is 0.345 e. The Hall–Kier alpha value is -3.82. The minimum atomic E-state index is -1.02. The lowest BCUT2D eigenvalue weighted by atomic mass is 10.2. The summed E-state index contributed by atoms with van der Waals surface area (Å²) < 4.78 is 17.6. The summed E-state index contributed by atoms with van der Waals surface area (Å²) in [5.74, 6) is -2.69. The summed E-state index contributed by atoms with van der Waals surface area (Å²) in [5, 5.41) is 13.4. The van der Waals surface area contributed by atoms with Gasteiger partial charge in [0.2, 0.25) is 5.91 Å². The van der Waals surface area contributed by atoms with Crippen LogP contribution in [0.15, 0.2) is 48.5 Å². The highest BCUT2D eigenvalue weighted by Crippen LogP contribution is 2.18. The third-order valence-corrected chi connectivity index (χ3v) is 3.58. The van der Waals surface area contributed by atoms with Gasteiger partial charge in [-0.05, 0) is 30.3 Å². The topological polar surface area (TPSA) is 119 Å². The number of ether oxygens (including phenoxy) is 1. The number of halogens is 1. The van der Waals surface area contributed by atoms with Crippen LogP contribution in [0.4, 0.5) is 15.8 Å². The number of esters is 1. The summed E-state index contributed by atoms with van der Waals surface area (Å²) in [6.07, 6.45) is 0. The molecule has 0 heterocycles. The van der Waals surface area contributed by atoms with Gasteiger partial charge in [-0.15, -0.1) is 0 Å². The summed E-state index contributed by atoms with van der Waals surface area (Å²) in [5.41, 5.74) is -0.362. The summed E-state index contributed by atoms with van der Waals surface area (Å²) in [4.78, 5) is 47.1. The maximum Gasteiger partial charge on any atom is 0.345 e. The van der Waals surface area contributed by atoms with Crippen molar-refractivity contribution in [3.05, 3.63) is 70.0 Å². The largest absolute Gasteiger partial charge is 0.452 e. The van der Waals surface area contributed by atoms with Gasteiger partial charge >= 0.3 is 5.97 Å². The van der Waals surface area contributed by atoms with Crippen molar-refractivity contribution in [3.63, 3.8) is 0 Å². The van der Waals surface area contributed by atoms with Gasteiger partial charge in [-0.3, -0.25) is 19.7 Å². The van der Waals surface area contributed by atoms with Crippen LogP contribution in [0, 0.1) is 15.9 Å². The average molecular weight is 389 g/mol. The van der Waals surface area contributed by atoms with E-state index >= 15 is 0 Å². The monoisotopic (exact) mass is 389 g/mol. The van der Waals surface area contributed by atoms with E-state index in [0.29, 0.717) is 5.69 Å². The number of rotatable bonds is 7. The molecule has 0 fully saturated rings. The van der Waals surface area contributed by atoms with Gasteiger partial charge in [-0.1, -0.05) is 12.1 Å². The first-order valence-electron chi connectivity index (χ1n) is 7.98. The number of carbonyl (C=O) groups is 3. The second-order valence-electron chi connectivity index (χ2n) is 5.66. The van der Waals surface area contributed by atoms with Crippen molar-refractivity contribution in [2.24, 2.45) is 0 Å². The predicted molar refractivity (Wildman–Crippen MR) is 96.0 cm³/mol. The van der Waals surface area contributed by atoms with Crippen molar-refractivity contribution in [1.82, 2.24) is 4.90 Å². The van der Waals surface area contributed by atoms with E-state index in [4.69, 9.17) is 4.74 Å². The molecular weight excluding hydrogens is 373 g/mol. The van der Waals surface area contributed by atoms with Crippen molar-refractivity contribution in [2.45, 2.75) is 0 Å². The van der Waals surface area contributed by atoms with Crippen molar-refractivity contribution in [1.29, 1.82) is 0 Å². The van der Waals surface area contributed by atoms with Gasteiger partial charge in [0.25, 0.3) is 11.6 Å². The molecule has 0 atom stereocenters. The molecule has 0 saturated carbocycles. The maximum atomic E-state index is 12.8. The summed E-state index contributed by atoms with van der Waals surface area (Å²) in [7, 11) is 1.32. The SMILES string of the molecule is CN(CC(=O)Nc1ccc(F)cc1)C(=O)COC(=O)c1ccccc1[N+](=O)[O-]. The summed E-state index contributed by atoms with van der Waals surface area (Å²) in [6.45, 7) is -1.02. The zero-order valence-corrected chi connectivity index (χ0v) is 14.8. The van der Waals surface area contributed by atoms with Crippen LogP contribution in [0.2, 0.25) is 0 Å². The Kier molecular flexibility index (Phi) is 6.74. The third-order valence-electron chi connectivity index (χ3n) is 3.58. The van der Waals surface area contributed by atoms with Crippen LogP contribution in [0.3, 0.4) is 0 Å². The second-order valence-corrected chi connectivity index (χ2v) is 5.66. The van der Waals surface area contributed by atoms with Crippen molar-refractivity contribution in [2.75, 3.05) is 25.5 Å². The Morgan fingerprint density at radius 3 is 2.43 bits per heavy atom. The standard InChI is InChI=1S/C18H16FN3O6/c1-21(10-16(23)20-13-8-6-12(19)7-9-13)17(24)11-28-18(25)14-4-2-3-5-15(14)22(26)27/h2-9H,10-11H2,1H3,(H,20,23). The van der Waals surface area contributed by atoms with Crippen LogP contribution in [0.5, 0.6) is 0 Å². The lowest BCUT2D eigenvalue weighted by Gasteiger charge is -2.16. The highest BCUT2D eigenvalue weighted by atomic mass is 19.1. The molecule has 2 aromatic rings. The van der Waals surface area contributed by atoms with Crippen molar-refractivity contribution < 1.29 is 28.4 Å². The number of carbonyl (C=O) groups excluding carboxylic acids is 3. The van der Waals surface area contributed by atoms with Gasteiger partial charge in [0.05, 0.1) is 11.5 Å². The number of hydrogen-bond donors (Lipinski definition) is 1. The number of benzene rings is 2. The molecule has 2 rings (SSSR count). The number of nitrogens with one attached hydrogen (secondary N) is 1. The molecular formula is C18H16FN3O6. The minimum absolute atomic E-state index is 0.281. The van der Waals surface area contributed by atoms with Gasteiger partial charge < -0.3 is 15.0 Å². The third kappa shape index (κ3) is 5.59. The van der Waals surface area contributed by atoms with Crippen LogP contribution in [-0.2, 0) is 14.3 Å². The van der Waals surface area contributed by atoms with Crippen LogP contribution in [0.25, 0.3) is 0 Å². The molecule has 0 aromatic heterocycles. The molecule has 10 heteroatoms. The number of amides is 2. The molecule has 0 aliphatic rings. The van der Waals surface area contributed by atoms with E-state index in [1.54, 1.807) is 0 Å². The molecule has 0 spiro atoms. The Balaban J connectivity index is 1.87. The quantitative estimate of drug-likeness (QED) is 0.439. The number of nitrogens with zero attached hydrogens (tertiary/aromatic N) is 2. The summed E-state index contributed by atoms with van der Waals surface area (Å²) in [6, 6.07) is 10.3. The number of nitro groups is 1. The molecule has 0 unspecified atom stereocenters. The van der Waals surface area contributed by atoms with E-state index in [0.717, 1.165) is 11.0 Å². The Labute approximate surface area is 158 Å². The van der Waals surface area contributed by atoms with Gasteiger partial charge in [-0.2, -0.15) is 0 Å². The first kappa shape index (κ1) is 20.5. The van der Waals surface area contributed by atoms with Gasteiger partial charge in [0.1, 0.15) is 11.4 Å². The van der Waals surface area contributed by atoms with E-state index in [-0.39, 0.29) is 12.1 Å². The maximum absolute atomic E-state index is 12.8. The van der Waals surface area contributed by atoms with Crippen molar-refractivity contribution >= 4 is 29.2 Å². The number of nitro benzene ring substituents is 1. The molecule has 2 aromatic carbocycles. The molecule has 28 heavy (non-hydrogen) atoms. The zero-order chi connectivity index (χ0) is 20.7. The molecule has 0 bridgehead atoms. The number of likely N-dealkylation sites (N-methyl/N-ethyl adjacent to an activating group) is 1. The van der Waals surface area contributed by atoms with E-state index in [1.165, 1.54) is 49.5 Å². The van der Waals surface area contributed by atoms with E-state index in [9.17, 15) is 28.9 Å². The molecule has 0 aliphatic heterocycles. The van der Waals surface area contributed by atoms with Crippen LogP contribution >= 0.6 is 0 Å². The molecule has 0 aliphatic carbocycles. The summed E-state index contributed by atoms with van der Waals surface area (Å²) >= 11 is 0. The number of para-hydroxylation sites is 1. The predicted octanol–water partition coefficient (Wildman–Crippen LogP) is 1.99. The van der Waals surface area contributed by atoms with E-state index in [1.807, 2.05) is 0 Å². The van der Waals surface area contributed by atoms with Gasteiger partial charge in [0, 0.05) is 18.8 Å². The van der Waals surface area contributed by atoms with E-state index < -0.39 is 40.8 Å². The van der Waals surface area contributed by atoms with Gasteiger partial charge in [0.15, 0.2) is 6.61 Å². The molecule has 1 N–H and O–H groups in total. The van der Waals surface area contributed by atoms with E-state index in [2.05, 4.69) is 5.32 Å². The molecule has 0 radical (unpaired) electrons. The van der Waals surface area contributed by atoms with Crippen LogP contribution < -0.4 is 5.32 Å². The minimum Gasteiger partial charge on any atom is -0.452 e. The number of anilines is 1. The Morgan fingerprint density at radius 2 is 1.79 bits per heavy atom. The molecule has 9 nitrogen and oxygen atoms in total. The fourth-order valence-corrected chi connectivity index (χ4v) is 2.16.